The predicted molar refractivity (Wildman–Crippen MR) is 225 cm³/mol. The van der Waals surface area contributed by atoms with Crippen molar-refractivity contribution < 1.29 is 0 Å². The number of nitrogens with zero attached hydrogens (tertiary/aromatic N) is 1. The molecule has 0 amide bonds. The van der Waals surface area contributed by atoms with Gasteiger partial charge in [0.1, 0.15) is 0 Å². The Kier molecular flexibility index (Phi) is 8.01. The molecule has 0 unspecified atom stereocenters. The van der Waals surface area contributed by atoms with E-state index < -0.39 is 0 Å². The zero-order valence-electron chi connectivity index (χ0n) is 29.8. The molecule has 9 rings (SSSR count). The summed E-state index contributed by atoms with van der Waals surface area (Å²) >= 11 is 0. The maximum atomic E-state index is 8.78. The van der Waals surface area contributed by atoms with Gasteiger partial charge in [0.2, 0.25) is 0 Å². The molecule has 0 saturated heterocycles. The van der Waals surface area contributed by atoms with Crippen molar-refractivity contribution in [1.82, 2.24) is 0 Å². The van der Waals surface area contributed by atoms with Crippen LogP contribution in [0, 0.1) is 5.41 Å². The van der Waals surface area contributed by atoms with E-state index in [0.29, 0.717) is 5.71 Å². The third kappa shape index (κ3) is 5.79. The van der Waals surface area contributed by atoms with Crippen molar-refractivity contribution in [3.63, 3.8) is 0 Å². The summed E-state index contributed by atoms with van der Waals surface area (Å²) < 4.78 is 0. The maximum Gasteiger partial charge on any atom is 0.0723 e. The van der Waals surface area contributed by atoms with E-state index in [1.165, 1.54) is 60.7 Å². The van der Waals surface area contributed by atoms with Crippen LogP contribution in [-0.4, -0.2) is 11.9 Å². The van der Waals surface area contributed by atoms with E-state index in [0.717, 1.165) is 27.8 Å². The second kappa shape index (κ2) is 13.2. The van der Waals surface area contributed by atoms with Gasteiger partial charge in [0.15, 0.2) is 0 Å². The lowest BCUT2D eigenvalue weighted by Gasteiger charge is -2.25. The number of hydrogen-bond donors (Lipinski definition) is 1. The van der Waals surface area contributed by atoms with Gasteiger partial charge in [-0.3, -0.25) is 4.99 Å². The number of aliphatic imine (C=N–C) groups is 1. The first-order valence-electron chi connectivity index (χ1n) is 18.2. The number of rotatable bonds is 7. The lowest BCUT2D eigenvalue weighted by atomic mass is 9.78. The summed E-state index contributed by atoms with van der Waals surface area (Å²) in [6.45, 7) is 4.74. The minimum absolute atomic E-state index is 0.116. The van der Waals surface area contributed by atoms with E-state index in [2.05, 4.69) is 129 Å². The smallest absolute Gasteiger partial charge is 0.0723 e. The van der Waals surface area contributed by atoms with Crippen LogP contribution in [0.2, 0.25) is 0 Å². The molecule has 53 heavy (non-hydrogen) atoms. The fourth-order valence-corrected chi connectivity index (χ4v) is 8.10. The largest absolute Gasteiger partial charge is 0.300 e. The van der Waals surface area contributed by atoms with Gasteiger partial charge in [-0.1, -0.05) is 178 Å². The van der Waals surface area contributed by atoms with Crippen molar-refractivity contribution in [2.45, 2.75) is 19.3 Å². The van der Waals surface area contributed by atoms with Gasteiger partial charge in [-0.05, 0) is 89.8 Å². The highest BCUT2D eigenvalue weighted by Crippen LogP contribution is 2.53. The lowest BCUT2D eigenvalue weighted by molar-refractivity contribution is 0.663. The van der Waals surface area contributed by atoms with Gasteiger partial charge in [0.25, 0.3) is 0 Å². The van der Waals surface area contributed by atoms with Crippen LogP contribution >= 0.6 is 0 Å². The molecule has 252 valence electrons. The second-order valence-corrected chi connectivity index (χ2v) is 14.4. The van der Waals surface area contributed by atoms with Gasteiger partial charge in [-0.25, -0.2) is 0 Å². The highest BCUT2D eigenvalue weighted by atomic mass is 14.7. The summed E-state index contributed by atoms with van der Waals surface area (Å²) in [7, 11) is 0. The summed E-state index contributed by atoms with van der Waals surface area (Å²) in [5, 5.41) is 13.7. The summed E-state index contributed by atoms with van der Waals surface area (Å²) in [4.78, 5) is 4.99. The van der Waals surface area contributed by atoms with E-state index >= 15 is 0 Å². The Hall–Kier alpha value is -6.64. The van der Waals surface area contributed by atoms with Gasteiger partial charge < -0.3 is 5.41 Å². The van der Waals surface area contributed by atoms with Crippen LogP contribution < -0.4 is 0 Å². The first-order chi connectivity index (χ1) is 26.0. The average molecular weight is 679 g/mol. The molecule has 1 aliphatic rings. The maximum absolute atomic E-state index is 8.78. The third-order valence-electron chi connectivity index (χ3n) is 10.8. The molecule has 0 fully saturated rings. The van der Waals surface area contributed by atoms with E-state index in [1.54, 1.807) is 0 Å². The molecular formula is C51H38N2. The molecule has 2 heteroatoms. The van der Waals surface area contributed by atoms with Crippen molar-refractivity contribution in [3.05, 3.63) is 210 Å². The van der Waals surface area contributed by atoms with Crippen LogP contribution in [0.1, 0.15) is 41.7 Å². The molecular weight excluding hydrogens is 641 g/mol. The van der Waals surface area contributed by atoms with Crippen molar-refractivity contribution in [1.29, 1.82) is 5.41 Å². The molecule has 0 aliphatic heterocycles. The molecule has 0 heterocycles. The Morgan fingerprint density at radius 2 is 1.09 bits per heavy atom. The monoisotopic (exact) mass is 678 g/mol. The third-order valence-corrected chi connectivity index (χ3v) is 10.8. The zero-order valence-corrected chi connectivity index (χ0v) is 29.8. The zero-order chi connectivity index (χ0) is 35.9. The van der Waals surface area contributed by atoms with Crippen LogP contribution in [0.4, 0.5) is 0 Å². The van der Waals surface area contributed by atoms with Crippen molar-refractivity contribution in [2.75, 3.05) is 0 Å². The standard InChI is InChI=1S/C51H38N2/c1-51(2)47-31-39-19-10-9-18-38(39)30-46(47)45-23-13-22-43(50(45)51)35-26-24-34(25-27-35)42-29-28-40(41-20-11-12-21-44(41)42)33-53-49(37-16-7-4-8-17-37)32-48(52)36-14-5-3-6-15-36/h3-33,52H,1-2H3/b49-32-,52-48?,53-33?. The van der Waals surface area contributed by atoms with Crippen molar-refractivity contribution in [2.24, 2.45) is 4.99 Å². The minimum Gasteiger partial charge on any atom is -0.300 e. The van der Waals surface area contributed by atoms with Crippen molar-refractivity contribution >= 4 is 39.2 Å². The molecule has 1 aliphatic carbocycles. The number of hydrogen-bond acceptors (Lipinski definition) is 2. The topological polar surface area (TPSA) is 36.2 Å². The molecule has 0 spiro atoms. The van der Waals surface area contributed by atoms with E-state index in [9.17, 15) is 0 Å². The summed E-state index contributed by atoms with van der Waals surface area (Å²) in [6, 6.07) is 62.1. The number of nitrogens with one attached hydrogen (secondary N) is 1. The number of benzene rings is 8. The van der Waals surface area contributed by atoms with Crippen molar-refractivity contribution in [3.8, 4) is 33.4 Å². The molecule has 0 radical (unpaired) electrons. The van der Waals surface area contributed by atoms with Gasteiger partial charge in [0.05, 0.1) is 11.4 Å². The van der Waals surface area contributed by atoms with E-state index in [1.807, 2.05) is 73.0 Å². The SMILES string of the molecule is CC1(C)c2cc3ccccc3cc2-c2cccc(-c3ccc(-c4ccc(C=N/C(=C\C(=N)c5ccccc5)c5ccccc5)c5ccccc45)cc3)c21. The van der Waals surface area contributed by atoms with Gasteiger partial charge in [-0.15, -0.1) is 0 Å². The average Bonchev–Trinajstić information content (AvgIpc) is 3.44. The fraction of sp³-hybridized carbons (Fsp3) is 0.0588. The summed E-state index contributed by atoms with van der Waals surface area (Å²) in [6.07, 6.45) is 3.79. The van der Waals surface area contributed by atoms with Gasteiger partial charge in [-0.2, -0.15) is 0 Å². The van der Waals surface area contributed by atoms with Gasteiger partial charge in [0, 0.05) is 22.8 Å². The fourth-order valence-electron chi connectivity index (χ4n) is 8.10. The van der Waals surface area contributed by atoms with E-state index in [-0.39, 0.29) is 5.41 Å². The predicted octanol–water partition coefficient (Wildman–Crippen LogP) is 13.2. The molecule has 1 N–H and O–H groups in total. The van der Waals surface area contributed by atoms with Crippen LogP contribution in [0.25, 0.3) is 60.6 Å². The van der Waals surface area contributed by atoms with E-state index in [4.69, 9.17) is 10.4 Å². The number of allylic oxidation sites excluding steroid dienone is 1. The van der Waals surface area contributed by atoms with Gasteiger partial charge >= 0.3 is 0 Å². The van der Waals surface area contributed by atoms with Crippen LogP contribution in [0.5, 0.6) is 0 Å². The second-order valence-electron chi connectivity index (χ2n) is 14.4. The molecule has 0 atom stereocenters. The van der Waals surface area contributed by atoms with Crippen LogP contribution in [0.3, 0.4) is 0 Å². The Bertz CT molecular complexity index is 2730. The Morgan fingerprint density at radius 1 is 0.509 bits per heavy atom. The normalized spacial score (nSPS) is 13.4. The molecule has 0 bridgehead atoms. The molecule has 0 aromatic heterocycles. The Labute approximate surface area is 311 Å². The molecule has 8 aromatic rings. The quantitative estimate of drug-likeness (QED) is 0.163. The highest BCUT2D eigenvalue weighted by molar-refractivity contribution is 6.12. The van der Waals surface area contributed by atoms with Crippen LogP contribution in [-0.2, 0) is 5.41 Å². The Balaban J connectivity index is 1.06. The molecule has 8 aromatic carbocycles. The molecule has 2 nitrogen and oxygen atoms in total. The Morgan fingerprint density at radius 3 is 1.81 bits per heavy atom. The van der Waals surface area contributed by atoms with Crippen LogP contribution in [0.15, 0.2) is 187 Å². The number of fused-ring (bicyclic) bond motifs is 5. The molecule has 0 saturated carbocycles. The highest BCUT2D eigenvalue weighted by Gasteiger charge is 2.37. The first-order valence-corrected chi connectivity index (χ1v) is 18.2. The lowest BCUT2D eigenvalue weighted by Crippen LogP contribution is -2.16. The summed E-state index contributed by atoms with van der Waals surface area (Å²) in [5.41, 5.74) is 14.3. The minimum atomic E-state index is -0.116. The summed E-state index contributed by atoms with van der Waals surface area (Å²) in [5.74, 6) is 0. The first kappa shape index (κ1) is 32.3.